The quantitative estimate of drug-likeness (QED) is 0.0161. The molecular weight excluding hydrogens is 979 g/mol. The fourth-order valence-corrected chi connectivity index (χ4v) is 10.1. The van der Waals surface area contributed by atoms with Gasteiger partial charge in [0.15, 0.2) is 22.8 Å². The average Bonchev–Trinajstić information content (AvgIpc) is 3.79. The second kappa shape index (κ2) is 30.2. The number of anilines is 1. The van der Waals surface area contributed by atoms with Gasteiger partial charge in [0.2, 0.25) is 5.91 Å². The number of imidazole rings is 1. The molecule has 9 N–H and O–H groups in total. The monoisotopic (exact) mass is 1040 g/mol. The van der Waals surface area contributed by atoms with E-state index >= 15 is 0 Å². The van der Waals surface area contributed by atoms with Gasteiger partial charge in [0.05, 0.1) is 19.5 Å². The number of nitrogens with one attached hydrogen (secondary N) is 1. The van der Waals surface area contributed by atoms with Crippen LogP contribution in [-0.4, -0.2) is 123 Å². The molecule has 0 aromatic carbocycles. The summed E-state index contributed by atoms with van der Waals surface area (Å²) in [6.45, 7) is 2.63. The summed E-state index contributed by atoms with van der Waals surface area (Å²) >= 11 is 1.12. The average molecular weight is 1040 g/mol. The van der Waals surface area contributed by atoms with E-state index in [9.17, 15) is 58.2 Å². The molecule has 1 aliphatic rings. The maximum Gasteiger partial charge on any atom is 1.00 e. The minimum absolute atomic E-state index is 0. The van der Waals surface area contributed by atoms with Crippen molar-refractivity contribution >= 4 is 69.1 Å². The summed E-state index contributed by atoms with van der Waals surface area (Å²) < 4.78 is 62.4. The van der Waals surface area contributed by atoms with Crippen LogP contribution in [0.5, 0.6) is 0 Å². The van der Waals surface area contributed by atoms with Crippen molar-refractivity contribution in [1.29, 1.82) is 0 Å². The van der Waals surface area contributed by atoms with Gasteiger partial charge in [-0.05, 0) is 18.7 Å². The van der Waals surface area contributed by atoms with Crippen LogP contribution in [0.15, 0.2) is 17.6 Å². The van der Waals surface area contributed by atoms with Crippen molar-refractivity contribution in [2.75, 3.05) is 37.8 Å². The van der Waals surface area contributed by atoms with E-state index in [1.807, 2.05) is 0 Å². The molecule has 1 amide bonds. The van der Waals surface area contributed by atoms with E-state index in [0.29, 0.717) is 12.2 Å². The van der Waals surface area contributed by atoms with Crippen LogP contribution < -0.4 is 67.5 Å². The van der Waals surface area contributed by atoms with Gasteiger partial charge in [-0.3, -0.25) is 27.7 Å². The van der Waals surface area contributed by atoms with E-state index in [-0.39, 0.29) is 93.0 Å². The van der Waals surface area contributed by atoms with E-state index < -0.39 is 84.5 Å². The first-order valence-corrected chi connectivity index (χ1v) is 27.0. The van der Waals surface area contributed by atoms with Crippen LogP contribution in [0.4, 0.5) is 5.82 Å². The number of unbranched alkanes of at least 4 members (excludes halogenated alkanes) is 12. The number of aromatic nitrogens is 4. The molecule has 0 spiro atoms. The Hall–Kier alpha value is -0.804. The van der Waals surface area contributed by atoms with E-state index in [4.69, 9.17) is 19.5 Å². The standard InChI is InChI=1S/C37H66N7O17P3S.K/c1-4-5-6-7-8-9-10-11-12-13-14-15-16-17-28(46)65-21-20-39-27(45)18-19-40-35(49)32(48)37(2,3)23-58-64(55,56)61-63(53,54)57-22-26-31(60-62(50,51)52)30(47)36(59-26)44-25-43-29-33(38)41-24-42-34(29)44;/h24-26,30-32,36,47-48H,4-23H2,1-3H3,(H,39,45)(H,40,49)(H,53,54)(H,55,56)(H2,38,41,42)(H2,50,51,52);/q;+1/p-1/t26-,30-,31-,32+,36-;/m1./s1. The Morgan fingerprint density at radius 3 is 2.15 bits per heavy atom. The molecule has 1 aliphatic heterocycles. The van der Waals surface area contributed by atoms with Crippen molar-refractivity contribution in [3.63, 3.8) is 0 Å². The van der Waals surface area contributed by atoms with Gasteiger partial charge in [-0.15, -0.1) is 0 Å². The number of hydrogen-bond acceptors (Lipinski definition) is 19. The topological polar surface area (TPSA) is 370 Å². The summed E-state index contributed by atoms with van der Waals surface area (Å²) in [5.74, 6) is -1.21. The number of carbonyl (C=O) groups is 2. The van der Waals surface area contributed by atoms with Gasteiger partial charge in [-0.25, -0.2) is 28.6 Å². The molecule has 3 rings (SSSR count). The molecule has 372 valence electrons. The van der Waals surface area contributed by atoms with E-state index in [1.165, 1.54) is 78.1 Å². The van der Waals surface area contributed by atoms with Crippen LogP contribution in [0.3, 0.4) is 0 Å². The zero-order chi connectivity index (χ0) is 48.3. The van der Waals surface area contributed by atoms with Gasteiger partial charge in [0.25, 0.3) is 0 Å². The van der Waals surface area contributed by atoms with E-state index in [0.717, 1.165) is 48.2 Å². The molecule has 2 unspecified atom stereocenters. The van der Waals surface area contributed by atoms with Crippen molar-refractivity contribution < 1.29 is 132 Å². The number of ether oxygens (including phenoxy) is 1. The van der Waals surface area contributed by atoms with Crippen molar-refractivity contribution in [2.24, 2.45) is 10.4 Å². The summed E-state index contributed by atoms with van der Waals surface area (Å²) in [5, 5.41) is 36.1. The Morgan fingerprint density at radius 2 is 1.55 bits per heavy atom. The smallest absolute Gasteiger partial charge is 0.862 e. The summed E-state index contributed by atoms with van der Waals surface area (Å²) in [6.07, 6.45) is 9.39. The number of nitrogens with two attached hydrogens (primary N) is 1. The van der Waals surface area contributed by atoms with Crippen molar-refractivity contribution in [3.05, 3.63) is 12.7 Å². The molecule has 66 heavy (non-hydrogen) atoms. The molecule has 0 radical (unpaired) electrons. The fraction of sp³-hybridized carbons (Fsp3) is 0.784. The molecule has 1 fully saturated rings. The molecular formula is C37H65KN7O17P3S. The first kappa shape index (κ1) is 61.3. The second-order valence-electron chi connectivity index (χ2n) is 16.2. The summed E-state index contributed by atoms with van der Waals surface area (Å²) in [6, 6.07) is 0. The Bertz CT molecular complexity index is 1980. The van der Waals surface area contributed by atoms with E-state index in [2.05, 4.69) is 41.0 Å². The maximum absolute atomic E-state index is 12.7. The predicted molar refractivity (Wildman–Crippen MR) is 237 cm³/mol. The number of aliphatic hydroxyl groups is 2. The van der Waals surface area contributed by atoms with Crippen LogP contribution in [0.25, 0.3) is 11.2 Å². The molecule has 3 heterocycles. The number of amides is 1. The number of hydrogen-bond donors (Lipinski definition) is 8. The summed E-state index contributed by atoms with van der Waals surface area (Å²) in [7, 11) is -16.4. The van der Waals surface area contributed by atoms with Crippen LogP contribution in [0.1, 0.15) is 123 Å². The van der Waals surface area contributed by atoms with Crippen LogP contribution in [0.2, 0.25) is 0 Å². The molecule has 0 bridgehead atoms. The summed E-state index contributed by atoms with van der Waals surface area (Å²) in [4.78, 5) is 79.9. The first-order chi connectivity index (χ1) is 30.6. The third kappa shape index (κ3) is 22.5. The Morgan fingerprint density at radius 1 is 0.955 bits per heavy atom. The number of rotatable bonds is 33. The first-order valence-electron chi connectivity index (χ1n) is 21.5. The minimum Gasteiger partial charge on any atom is -0.862 e. The molecule has 7 atom stereocenters. The number of aliphatic hydroxyl groups excluding tert-OH is 2. The van der Waals surface area contributed by atoms with Crippen molar-refractivity contribution in [2.45, 2.75) is 148 Å². The SMILES string of the molecule is CCCCCCCCCCCCCCCC(=O)SCCN=C([O-])CCNC(=O)[C@H](O)C(C)(C)COP(=O)(O)OP(=O)(O)OC[C@H]1O[C@@H](n2cnc3c(N)ncnc32)[C@H](O)[C@@H]1OP(=O)(O)O.[K+]. The van der Waals surface area contributed by atoms with Gasteiger partial charge in [0.1, 0.15) is 36.3 Å². The van der Waals surface area contributed by atoms with Gasteiger partial charge < -0.3 is 55.7 Å². The number of nitrogen functional groups attached to an aromatic ring is 1. The van der Waals surface area contributed by atoms with Crippen LogP contribution in [-0.2, 0) is 45.9 Å². The number of thioether (sulfide) groups is 1. The minimum atomic E-state index is -5.58. The van der Waals surface area contributed by atoms with Gasteiger partial charge in [-0.2, -0.15) is 4.31 Å². The zero-order valence-corrected chi connectivity index (χ0v) is 44.5. The third-order valence-electron chi connectivity index (χ3n) is 10.2. The Kier molecular flexibility index (Phi) is 28.0. The molecule has 2 aromatic rings. The molecule has 0 saturated carbocycles. The normalized spacial score (nSPS) is 20.4. The number of nitrogens with zero attached hydrogens (tertiary/aromatic N) is 5. The molecule has 24 nitrogen and oxygen atoms in total. The van der Waals surface area contributed by atoms with Crippen molar-refractivity contribution in [1.82, 2.24) is 24.8 Å². The van der Waals surface area contributed by atoms with Crippen LogP contribution in [0, 0.1) is 5.41 Å². The largest absolute Gasteiger partial charge is 1.00 e. The number of fused-ring (bicyclic) bond motifs is 1. The van der Waals surface area contributed by atoms with Crippen LogP contribution >= 0.6 is 35.2 Å². The number of phosphoric ester groups is 3. The van der Waals surface area contributed by atoms with Crippen molar-refractivity contribution in [3.8, 4) is 0 Å². The predicted octanol–water partition coefficient (Wildman–Crippen LogP) is 0.793. The second-order valence-corrected chi connectivity index (χ2v) is 21.6. The molecule has 29 heteroatoms. The zero-order valence-electron chi connectivity index (χ0n) is 37.9. The number of carbonyl (C=O) groups excluding carboxylic acids is 2. The maximum atomic E-state index is 12.7. The summed E-state index contributed by atoms with van der Waals surface area (Å²) in [5.41, 5.74) is 4.28. The molecule has 0 aliphatic carbocycles. The number of aliphatic imine (C=N–C) groups is 1. The van der Waals surface area contributed by atoms with Gasteiger partial charge in [0, 0.05) is 30.7 Å². The van der Waals surface area contributed by atoms with Gasteiger partial charge in [-0.1, -0.05) is 110 Å². The number of phosphoric acid groups is 3. The fourth-order valence-electron chi connectivity index (χ4n) is 6.61. The molecule has 2 aromatic heterocycles. The van der Waals surface area contributed by atoms with Gasteiger partial charge >= 0.3 is 74.9 Å². The Balaban J connectivity index is 0.0000150. The third-order valence-corrected chi connectivity index (χ3v) is 14.2. The Labute approximate surface area is 431 Å². The van der Waals surface area contributed by atoms with E-state index in [1.54, 1.807) is 0 Å². The molecule has 1 saturated heterocycles.